The van der Waals surface area contributed by atoms with E-state index in [0.29, 0.717) is 0 Å². The van der Waals surface area contributed by atoms with E-state index in [9.17, 15) is 0 Å². The van der Waals surface area contributed by atoms with Crippen molar-refractivity contribution in [2.24, 2.45) is 5.73 Å². The van der Waals surface area contributed by atoms with Gasteiger partial charge in [0.1, 0.15) is 5.75 Å². The highest BCUT2D eigenvalue weighted by atomic mass is 16.5. The summed E-state index contributed by atoms with van der Waals surface area (Å²) in [5.74, 6) is 0.855. The summed E-state index contributed by atoms with van der Waals surface area (Å²) in [6.45, 7) is 4.00. The fraction of sp³-hybridized carbons (Fsp3) is 0.286. The molecule has 0 saturated carbocycles. The van der Waals surface area contributed by atoms with Crippen molar-refractivity contribution >= 4 is 0 Å². The van der Waals surface area contributed by atoms with E-state index in [1.165, 1.54) is 0 Å². The van der Waals surface area contributed by atoms with Gasteiger partial charge in [0, 0.05) is 6.20 Å². The molecule has 0 aliphatic heterocycles. The van der Waals surface area contributed by atoms with E-state index in [1.54, 1.807) is 12.4 Å². The average molecular weight is 243 g/mol. The Kier molecular flexibility index (Phi) is 3.89. The van der Waals surface area contributed by atoms with Crippen molar-refractivity contribution in [3.8, 4) is 5.75 Å². The number of ether oxygens (including phenoxy) is 1. The Morgan fingerprint density at radius 3 is 2.28 bits per heavy atom. The highest BCUT2D eigenvalue weighted by molar-refractivity contribution is 5.33. The molecule has 4 heteroatoms. The lowest BCUT2D eigenvalue weighted by atomic mass is 10.0. The molecular weight excluding hydrogens is 226 g/mol. The average Bonchev–Trinajstić information content (AvgIpc) is 2.39. The second-order valence-corrected chi connectivity index (χ2v) is 4.39. The number of hydrogen-bond acceptors (Lipinski definition) is 4. The van der Waals surface area contributed by atoms with Crippen LogP contribution in [0.25, 0.3) is 0 Å². The zero-order valence-electron chi connectivity index (χ0n) is 10.6. The van der Waals surface area contributed by atoms with Crippen molar-refractivity contribution in [1.82, 2.24) is 10.2 Å². The van der Waals surface area contributed by atoms with E-state index >= 15 is 0 Å². The Balaban J connectivity index is 2.14. The van der Waals surface area contributed by atoms with Crippen LogP contribution in [-0.4, -0.2) is 16.3 Å². The number of benzene rings is 1. The molecule has 0 aliphatic rings. The zero-order valence-corrected chi connectivity index (χ0v) is 10.6. The van der Waals surface area contributed by atoms with Crippen LogP contribution >= 0.6 is 0 Å². The van der Waals surface area contributed by atoms with Crippen LogP contribution in [0.5, 0.6) is 5.75 Å². The molecule has 0 saturated heterocycles. The van der Waals surface area contributed by atoms with Gasteiger partial charge in [-0.15, -0.1) is 0 Å². The van der Waals surface area contributed by atoms with E-state index in [-0.39, 0.29) is 12.1 Å². The van der Waals surface area contributed by atoms with Crippen LogP contribution < -0.4 is 10.5 Å². The van der Waals surface area contributed by atoms with Gasteiger partial charge in [-0.3, -0.25) is 0 Å². The molecule has 1 heterocycles. The summed E-state index contributed by atoms with van der Waals surface area (Å²) < 4.78 is 5.59. The highest BCUT2D eigenvalue weighted by Crippen LogP contribution is 2.21. The van der Waals surface area contributed by atoms with E-state index in [4.69, 9.17) is 10.5 Å². The first-order valence-corrected chi connectivity index (χ1v) is 5.95. The van der Waals surface area contributed by atoms with Crippen LogP contribution in [-0.2, 0) is 0 Å². The normalized spacial score (nSPS) is 12.4. The monoisotopic (exact) mass is 243 g/mol. The van der Waals surface area contributed by atoms with Gasteiger partial charge in [0.05, 0.1) is 18.3 Å². The second kappa shape index (κ2) is 5.60. The Hall–Kier alpha value is -1.94. The second-order valence-electron chi connectivity index (χ2n) is 4.39. The first-order valence-electron chi connectivity index (χ1n) is 5.95. The van der Waals surface area contributed by atoms with Crippen LogP contribution in [0.3, 0.4) is 0 Å². The fourth-order valence-electron chi connectivity index (χ4n) is 1.70. The van der Waals surface area contributed by atoms with Gasteiger partial charge in [0.2, 0.25) is 0 Å². The van der Waals surface area contributed by atoms with Crippen molar-refractivity contribution in [2.75, 3.05) is 0 Å². The lowest BCUT2D eigenvalue weighted by Gasteiger charge is -2.14. The van der Waals surface area contributed by atoms with Gasteiger partial charge in [-0.05, 0) is 43.2 Å². The SMILES string of the molecule is CC(C)Oc1ccc(C(N)c2ccnnc2)cc1. The first-order chi connectivity index (χ1) is 8.66. The number of rotatable bonds is 4. The summed E-state index contributed by atoms with van der Waals surface area (Å²) in [4.78, 5) is 0. The van der Waals surface area contributed by atoms with Gasteiger partial charge in [-0.1, -0.05) is 12.1 Å². The van der Waals surface area contributed by atoms with E-state index in [0.717, 1.165) is 16.9 Å². The van der Waals surface area contributed by atoms with E-state index in [1.807, 2.05) is 44.2 Å². The van der Waals surface area contributed by atoms with E-state index in [2.05, 4.69) is 10.2 Å². The molecule has 18 heavy (non-hydrogen) atoms. The van der Waals surface area contributed by atoms with Gasteiger partial charge in [-0.2, -0.15) is 10.2 Å². The van der Waals surface area contributed by atoms with E-state index < -0.39 is 0 Å². The highest BCUT2D eigenvalue weighted by Gasteiger charge is 2.09. The molecule has 0 bridgehead atoms. The largest absolute Gasteiger partial charge is 0.491 e. The molecule has 0 radical (unpaired) electrons. The summed E-state index contributed by atoms with van der Waals surface area (Å²) in [5.41, 5.74) is 8.13. The summed E-state index contributed by atoms with van der Waals surface area (Å²) in [5, 5.41) is 7.58. The van der Waals surface area contributed by atoms with Crippen LogP contribution in [0.15, 0.2) is 42.7 Å². The minimum atomic E-state index is -0.186. The molecule has 1 unspecified atom stereocenters. The topological polar surface area (TPSA) is 61.0 Å². The van der Waals surface area contributed by atoms with Crippen molar-refractivity contribution in [3.63, 3.8) is 0 Å². The molecule has 2 aromatic rings. The molecule has 0 spiro atoms. The van der Waals surface area contributed by atoms with Crippen molar-refractivity contribution < 1.29 is 4.74 Å². The van der Waals surface area contributed by atoms with Gasteiger partial charge < -0.3 is 10.5 Å². The van der Waals surface area contributed by atoms with Crippen molar-refractivity contribution in [1.29, 1.82) is 0 Å². The van der Waals surface area contributed by atoms with Gasteiger partial charge in [0.25, 0.3) is 0 Å². The predicted molar refractivity (Wildman–Crippen MR) is 70.3 cm³/mol. The van der Waals surface area contributed by atoms with Crippen LogP contribution in [0.2, 0.25) is 0 Å². The first kappa shape index (κ1) is 12.5. The van der Waals surface area contributed by atoms with Crippen LogP contribution in [0.4, 0.5) is 0 Å². The molecule has 1 atom stereocenters. The molecule has 2 rings (SSSR count). The van der Waals surface area contributed by atoms with Crippen molar-refractivity contribution in [2.45, 2.75) is 26.0 Å². The third kappa shape index (κ3) is 3.05. The molecule has 0 amide bonds. The Bertz CT molecular complexity index is 482. The minimum Gasteiger partial charge on any atom is -0.491 e. The maximum atomic E-state index is 6.16. The zero-order chi connectivity index (χ0) is 13.0. The van der Waals surface area contributed by atoms with Gasteiger partial charge in [0.15, 0.2) is 0 Å². The fourth-order valence-corrected chi connectivity index (χ4v) is 1.70. The number of nitrogens with zero attached hydrogens (tertiary/aromatic N) is 2. The maximum absolute atomic E-state index is 6.16. The smallest absolute Gasteiger partial charge is 0.119 e. The molecule has 1 aromatic carbocycles. The number of hydrogen-bond donors (Lipinski definition) is 1. The quantitative estimate of drug-likeness (QED) is 0.895. The Labute approximate surface area is 107 Å². The third-order valence-corrected chi connectivity index (χ3v) is 2.58. The maximum Gasteiger partial charge on any atom is 0.119 e. The molecule has 4 nitrogen and oxygen atoms in total. The van der Waals surface area contributed by atoms with Gasteiger partial charge in [-0.25, -0.2) is 0 Å². The van der Waals surface area contributed by atoms with Crippen molar-refractivity contribution in [3.05, 3.63) is 53.9 Å². The Morgan fingerprint density at radius 1 is 1.00 bits per heavy atom. The molecular formula is C14H17N3O. The third-order valence-electron chi connectivity index (χ3n) is 2.58. The van der Waals surface area contributed by atoms with Crippen LogP contribution in [0, 0.1) is 0 Å². The standard InChI is InChI=1S/C14H17N3O/c1-10(2)18-13-5-3-11(4-6-13)14(15)12-7-8-16-17-9-12/h3-10,14H,15H2,1-2H3. The number of aromatic nitrogens is 2. The summed E-state index contributed by atoms with van der Waals surface area (Å²) >= 11 is 0. The molecule has 1 aromatic heterocycles. The Morgan fingerprint density at radius 2 is 1.72 bits per heavy atom. The molecule has 2 N–H and O–H groups in total. The predicted octanol–water partition coefficient (Wildman–Crippen LogP) is 2.31. The molecule has 0 fully saturated rings. The van der Waals surface area contributed by atoms with Crippen LogP contribution in [0.1, 0.15) is 31.0 Å². The summed E-state index contributed by atoms with van der Waals surface area (Å²) in [6, 6.07) is 9.50. The minimum absolute atomic E-state index is 0.175. The lowest BCUT2D eigenvalue weighted by Crippen LogP contribution is -2.12. The molecule has 94 valence electrons. The summed E-state index contributed by atoms with van der Waals surface area (Å²) in [6.07, 6.45) is 3.50. The van der Waals surface area contributed by atoms with Gasteiger partial charge >= 0.3 is 0 Å². The summed E-state index contributed by atoms with van der Waals surface area (Å²) in [7, 11) is 0. The lowest BCUT2D eigenvalue weighted by molar-refractivity contribution is 0.242. The molecule has 0 aliphatic carbocycles. The number of nitrogens with two attached hydrogens (primary N) is 1.